The number of ether oxygens (including phenoxy) is 1. The van der Waals surface area contributed by atoms with E-state index in [1.807, 2.05) is 45.9 Å². The fourth-order valence-electron chi connectivity index (χ4n) is 3.80. The van der Waals surface area contributed by atoms with E-state index in [4.69, 9.17) is 16.3 Å². The van der Waals surface area contributed by atoms with Crippen LogP contribution in [0.3, 0.4) is 0 Å². The van der Waals surface area contributed by atoms with Gasteiger partial charge in [0.2, 0.25) is 16.0 Å². The van der Waals surface area contributed by atoms with Crippen LogP contribution in [0.15, 0.2) is 30.5 Å². The van der Waals surface area contributed by atoms with Crippen LogP contribution in [0.4, 0.5) is 28.8 Å². The van der Waals surface area contributed by atoms with Gasteiger partial charge in [-0.1, -0.05) is 11.6 Å². The van der Waals surface area contributed by atoms with E-state index in [2.05, 4.69) is 25.3 Å². The van der Waals surface area contributed by atoms with Crippen LogP contribution in [-0.2, 0) is 10.0 Å². The largest absolute Gasteiger partial charge is 0.496 e. The van der Waals surface area contributed by atoms with Crippen LogP contribution in [0.2, 0.25) is 5.02 Å². The fraction of sp³-hybridized carbons (Fsp3) is 0.333. The molecule has 34 heavy (non-hydrogen) atoms. The van der Waals surface area contributed by atoms with Crippen LogP contribution in [0.25, 0.3) is 0 Å². The summed E-state index contributed by atoms with van der Waals surface area (Å²) in [6.45, 7) is 7.76. The predicted octanol–water partition coefficient (Wildman–Crippen LogP) is 5.76. The van der Waals surface area contributed by atoms with Gasteiger partial charge in [0.15, 0.2) is 5.82 Å². The fourth-order valence-corrected chi connectivity index (χ4v) is 5.39. The standard InChI is InChI=1S/C24H28ClN5O3S/c1-13-10-17(11-14(2)22(13)33-5)27-24-26-12-19(25)23(29-24)28-20-8-9-21(16(4)15(20)3)30-34(31,32)18-6-7-18/h8-12,18,30H,6-7H2,1-5H3,(H2,26,27,28,29). The molecule has 1 saturated carbocycles. The highest BCUT2D eigenvalue weighted by Gasteiger charge is 2.36. The average Bonchev–Trinajstić information content (AvgIpc) is 3.62. The number of halogens is 1. The van der Waals surface area contributed by atoms with Gasteiger partial charge in [-0.2, -0.15) is 4.98 Å². The van der Waals surface area contributed by atoms with Gasteiger partial charge in [-0.05, 0) is 87.1 Å². The molecule has 0 radical (unpaired) electrons. The van der Waals surface area contributed by atoms with Crippen molar-refractivity contribution in [2.45, 2.75) is 45.8 Å². The number of methoxy groups -OCH3 is 1. The second kappa shape index (κ2) is 9.31. The van der Waals surface area contributed by atoms with E-state index in [0.717, 1.165) is 39.4 Å². The minimum atomic E-state index is -3.33. The Hall–Kier alpha value is -3.04. The number of nitrogens with zero attached hydrogens (tertiary/aromatic N) is 2. The number of hydrogen-bond acceptors (Lipinski definition) is 7. The average molecular weight is 502 g/mol. The molecule has 1 aliphatic carbocycles. The SMILES string of the molecule is COc1c(C)cc(Nc2ncc(Cl)c(Nc3ccc(NS(=O)(=O)C4CC4)c(C)c3C)n2)cc1C. The molecule has 1 heterocycles. The summed E-state index contributed by atoms with van der Waals surface area (Å²) < 4.78 is 32.8. The number of sulfonamides is 1. The van der Waals surface area contributed by atoms with E-state index in [-0.39, 0.29) is 5.25 Å². The Morgan fingerprint density at radius 1 is 1.00 bits per heavy atom. The molecule has 8 nitrogen and oxygen atoms in total. The van der Waals surface area contributed by atoms with Gasteiger partial charge in [-0.3, -0.25) is 4.72 Å². The van der Waals surface area contributed by atoms with Crippen LogP contribution >= 0.6 is 11.6 Å². The van der Waals surface area contributed by atoms with Crippen molar-refractivity contribution < 1.29 is 13.2 Å². The van der Waals surface area contributed by atoms with Gasteiger partial charge in [0, 0.05) is 11.4 Å². The molecule has 180 valence electrons. The molecule has 0 unspecified atom stereocenters. The number of anilines is 5. The summed E-state index contributed by atoms with van der Waals surface area (Å²) in [7, 11) is -1.68. The maximum Gasteiger partial charge on any atom is 0.235 e. The monoisotopic (exact) mass is 501 g/mol. The summed E-state index contributed by atoms with van der Waals surface area (Å²) in [6, 6.07) is 7.49. The molecule has 0 bridgehead atoms. The first-order valence-electron chi connectivity index (χ1n) is 10.9. The predicted molar refractivity (Wildman–Crippen MR) is 138 cm³/mol. The van der Waals surface area contributed by atoms with E-state index < -0.39 is 10.0 Å². The molecule has 0 atom stereocenters. The second-order valence-corrected chi connectivity index (χ2v) is 10.9. The summed E-state index contributed by atoms with van der Waals surface area (Å²) in [4.78, 5) is 8.83. The lowest BCUT2D eigenvalue weighted by Gasteiger charge is -2.17. The zero-order valence-electron chi connectivity index (χ0n) is 19.8. The Morgan fingerprint density at radius 3 is 2.24 bits per heavy atom. The van der Waals surface area contributed by atoms with E-state index in [9.17, 15) is 8.42 Å². The molecule has 0 amide bonds. The Labute approximate surface area is 205 Å². The topological polar surface area (TPSA) is 105 Å². The van der Waals surface area contributed by atoms with Crippen molar-refractivity contribution in [3.05, 3.63) is 57.7 Å². The molecule has 1 fully saturated rings. The van der Waals surface area contributed by atoms with E-state index in [1.165, 1.54) is 6.20 Å². The van der Waals surface area contributed by atoms with Crippen molar-refractivity contribution in [2.75, 3.05) is 22.5 Å². The Balaban J connectivity index is 1.56. The summed E-state index contributed by atoms with van der Waals surface area (Å²) in [5, 5.41) is 6.55. The minimum Gasteiger partial charge on any atom is -0.496 e. The van der Waals surface area contributed by atoms with Gasteiger partial charge in [0.05, 0.1) is 24.2 Å². The van der Waals surface area contributed by atoms with E-state index >= 15 is 0 Å². The third-order valence-corrected chi connectivity index (χ3v) is 8.05. The lowest BCUT2D eigenvalue weighted by Crippen LogP contribution is -2.18. The van der Waals surface area contributed by atoms with Crippen molar-refractivity contribution >= 4 is 50.5 Å². The van der Waals surface area contributed by atoms with Crippen LogP contribution in [0.5, 0.6) is 5.75 Å². The first kappa shape index (κ1) is 24.1. The van der Waals surface area contributed by atoms with Crippen molar-refractivity contribution in [3.63, 3.8) is 0 Å². The number of rotatable bonds is 8. The molecule has 2 aromatic carbocycles. The van der Waals surface area contributed by atoms with Crippen molar-refractivity contribution in [3.8, 4) is 5.75 Å². The smallest absolute Gasteiger partial charge is 0.235 e. The minimum absolute atomic E-state index is 0.283. The quantitative estimate of drug-likeness (QED) is 0.360. The summed E-state index contributed by atoms with van der Waals surface area (Å²) >= 11 is 6.37. The number of aryl methyl sites for hydroxylation is 2. The maximum absolute atomic E-state index is 12.3. The number of nitrogens with one attached hydrogen (secondary N) is 3. The molecule has 0 saturated heterocycles. The summed E-state index contributed by atoms with van der Waals surface area (Å²) in [6.07, 6.45) is 2.96. The van der Waals surface area contributed by atoms with Gasteiger partial charge >= 0.3 is 0 Å². The van der Waals surface area contributed by atoms with Crippen molar-refractivity contribution in [1.82, 2.24) is 9.97 Å². The molecule has 10 heteroatoms. The first-order valence-corrected chi connectivity index (χ1v) is 12.8. The highest BCUT2D eigenvalue weighted by Crippen LogP contribution is 2.34. The first-order chi connectivity index (χ1) is 16.1. The normalized spacial score (nSPS) is 13.5. The van der Waals surface area contributed by atoms with Crippen LogP contribution in [-0.4, -0.2) is 30.7 Å². The zero-order chi connectivity index (χ0) is 24.6. The lowest BCUT2D eigenvalue weighted by atomic mass is 10.1. The second-order valence-electron chi connectivity index (χ2n) is 8.54. The molecule has 0 aliphatic heterocycles. The summed E-state index contributed by atoms with van der Waals surface area (Å²) in [5.74, 6) is 1.67. The van der Waals surface area contributed by atoms with Crippen molar-refractivity contribution in [1.29, 1.82) is 0 Å². The van der Waals surface area contributed by atoms with Gasteiger partial charge < -0.3 is 15.4 Å². The maximum atomic E-state index is 12.3. The molecule has 0 spiro atoms. The number of benzene rings is 2. The van der Waals surface area contributed by atoms with E-state index in [0.29, 0.717) is 35.3 Å². The van der Waals surface area contributed by atoms with Crippen LogP contribution in [0, 0.1) is 27.7 Å². The van der Waals surface area contributed by atoms with Crippen molar-refractivity contribution in [2.24, 2.45) is 0 Å². The Morgan fingerprint density at radius 2 is 1.62 bits per heavy atom. The Bertz CT molecular complexity index is 1330. The van der Waals surface area contributed by atoms with Gasteiger partial charge in [0.25, 0.3) is 0 Å². The molecule has 4 rings (SSSR count). The molecule has 1 aliphatic rings. The summed E-state index contributed by atoms with van der Waals surface area (Å²) in [5.41, 5.74) is 5.92. The highest BCUT2D eigenvalue weighted by molar-refractivity contribution is 7.93. The molecular weight excluding hydrogens is 474 g/mol. The highest BCUT2D eigenvalue weighted by atomic mass is 35.5. The van der Waals surface area contributed by atoms with Crippen LogP contribution in [0.1, 0.15) is 35.1 Å². The third kappa shape index (κ3) is 5.05. The lowest BCUT2D eigenvalue weighted by molar-refractivity contribution is 0.408. The van der Waals surface area contributed by atoms with Gasteiger partial charge in [0.1, 0.15) is 10.8 Å². The third-order valence-electron chi connectivity index (χ3n) is 5.92. The van der Waals surface area contributed by atoms with Crippen LogP contribution < -0.4 is 20.1 Å². The van der Waals surface area contributed by atoms with Gasteiger partial charge in [-0.25, -0.2) is 13.4 Å². The molecule has 3 aromatic rings. The van der Waals surface area contributed by atoms with Gasteiger partial charge in [-0.15, -0.1) is 0 Å². The molecule has 3 N–H and O–H groups in total. The number of hydrogen-bond donors (Lipinski definition) is 3. The molecule has 1 aromatic heterocycles. The molecular formula is C24H28ClN5O3S. The number of aromatic nitrogens is 2. The van der Waals surface area contributed by atoms with E-state index in [1.54, 1.807) is 13.2 Å². The zero-order valence-corrected chi connectivity index (χ0v) is 21.4. The Kier molecular flexibility index (Phi) is 6.60.